The molecule has 2 aliphatic heterocycles. The van der Waals surface area contributed by atoms with Crippen LogP contribution in [-0.4, -0.2) is 54.9 Å². The Morgan fingerprint density at radius 3 is 1.98 bits per heavy atom. The molecule has 0 spiro atoms. The van der Waals surface area contributed by atoms with Crippen molar-refractivity contribution in [3.8, 4) is 0 Å². The number of halogens is 1. The Balaban J connectivity index is 0.00000841. The molecule has 0 N–H and O–H groups in total. The van der Waals surface area contributed by atoms with Gasteiger partial charge in [-0.25, -0.2) is 0 Å². The van der Waals surface area contributed by atoms with E-state index in [1.807, 2.05) is 13.8 Å². The second-order valence-corrected chi connectivity index (χ2v) is 16.7. The number of ether oxygens (including phenoxy) is 2. The molecule has 6 nitrogen and oxygen atoms in total. The molecule has 0 aliphatic carbocycles. The third-order valence-electron chi connectivity index (χ3n) is 11.8. The minimum atomic E-state index is -0.229. The van der Waals surface area contributed by atoms with Crippen LogP contribution in [0.25, 0.3) is 0 Å². The number of nitrogens with zero attached hydrogens (tertiary/aromatic N) is 2. The lowest BCUT2D eigenvalue weighted by atomic mass is 9.81. The van der Waals surface area contributed by atoms with Crippen LogP contribution in [0, 0.1) is 0 Å². The molecule has 56 heavy (non-hydrogen) atoms. The fraction of sp³-hybridized carbons (Fsp3) is 0.612. The highest BCUT2D eigenvalue weighted by Crippen LogP contribution is 2.48. The lowest BCUT2D eigenvalue weighted by Gasteiger charge is -2.27. The van der Waals surface area contributed by atoms with Gasteiger partial charge in [0, 0.05) is 60.5 Å². The quantitative estimate of drug-likeness (QED) is 0.0389. The SMILES string of the molecule is CCOC(=O)CCCCCCCCCCN1/C(=C\C=C\C2=[N+](CCCCCCCCCC(C=O)OCC)c3ccccc3C2(C)C)C(C)(C)c2ccccc21.[Br-]. The Morgan fingerprint density at radius 1 is 0.732 bits per heavy atom. The van der Waals surface area contributed by atoms with Gasteiger partial charge in [-0.15, -0.1) is 0 Å². The molecule has 1 unspecified atom stereocenters. The molecule has 0 aromatic heterocycles. The summed E-state index contributed by atoms with van der Waals surface area (Å²) >= 11 is 0. The zero-order valence-electron chi connectivity index (χ0n) is 35.8. The summed E-state index contributed by atoms with van der Waals surface area (Å²) in [5, 5.41) is 0. The molecule has 2 aromatic rings. The molecule has 2 aliphatic rings. The standard InChI is InChI=1S/C49H73N2O4.BrH/c1-7-54-40(39-52)29-20-16-12-11-15-19-27-38-51-44-33-25-23-31-42(44)49(5,6)46(51)35-28-34-45-48(3,4)41-30-22-24-32-43(41)50(45)37-26-18-14-10-9-13-17-21-36-47(53)55-8-2;/h22-25,28,30-35,39-40H,7-21,26-27,29,36-38H2,1-6H3;1H/q+1;/p-1. The third-order valence-corrected chi connectivity index (χ3v) is 11.8. The average molecular weight is 834 g/mol. The zero-order valence-corrected chi connectivity index (χ0v) is 37.3. The highest BCUT2D eigenvalue weighted by atomic mass is 79.9. The van der Waals surface area contributed by atoms with Gasteiger partial charge in [0.25, 0.3) is 0 Å². The molecule has 2 heterocycles. The molecule has 4 rings (SSSR count). The first kappa shape index (κ1) is 47.3. The molecular weight excluding hydrogens is 760 g/mol. The smallest absolute Gasteiger partial charge is 0.305 e. The molecule has 0 saturated heterocycles. The predicted octanol–water partition coefficient (Wildman–Crippen LogP) is 9.10. The number of para-hydroxylation sites is 2. The van der Waals surface area contributed by atoms with E-state index in [1.54, 1.807) is 0 Å². The fourth-order valence-corrected chi connectivity index (χ4v) is 8.73. The Morgan fingerprint density at radius 2 is 1.32 bits per heavy atom. The van der Waals surface area contributed by atoms with E-state index in [-0.39, 0.29) is 39.9 Å². The van der Waals surface area contributed by atoms with E-state index in [1.165, 1.54) is 111 Å². The van der Waals surface area contributed by atoms with Crippen molar-refractivity contribution in [2.75, 3.05) is 31.2 Å². The summed E-state index contributed by atoms with van der Waals surface area (Å²) in [6, 6.07) is 18.0. The van der Waals surface area contributed by atoms with Gasteiger partial charge in [0.05, 0.1) is 12.0 Å². The molecular formula is C49H73BrN2O4. The highest BCUT2D eigenvalue weighted by Gasteiger charge is 2.44. The van der Waals surface area contributed by atoms with Gasteiger partial charge in [-0.05, 0) is 71.1 Å². The summed E-state index contributed by atoms with van der Waals surface area (Å²) in [6.45, 7) is 16.5. The van der Waals surface area contributed by atoms with Crippen LogP contribution < -0.4 is 21.9 Å². The summed E-state index contributed by atoms with van der Waals surface area (Å²) in [4.78, 5) is 25.3. The van der Waals surface area contributed by atoms with Gasteiger partial charge < -0.3 is 36.1 Å². The van der Waals surface area contributed by atoms with Gasteiger partial charge in [-0.1, -0.05) is 127 Å². The first-order chi connectivity index (χ1) is 26.7. The number of anilines is 1. The van der Waals surface area contributed by atoms with Crippen molar-refractivity contribution in [1.82, 2.24) is 0 Å². The molecule has 1 atom stereocenters. The van der Waals surface area contributed by atoms with Crippen LogP contribution in [0.2, 0.25) is 0 Å². The maximum Gasteiger partial charge on any atom is 0.305 e. The number of hydrogen-bond donors (Lipinski definition) is 0. The monoisotopic (exact) mass is 832 g/mol. The number of unbranched alkanes of at least 4 members (excludes halogenated alkanes) is 13. The van der Waals surface area contributed by atoms with E-state index in [0.717, 1.165) is 45.1 Å². The van der Waals surface area contributed by atoms with Crippen molar-refractivity contribution in [1.29, 1.82) is 0 Å². The van der Waals surface area contributed by atoms with Crippen molar-refractivity contribution in [2.24, 2.45) is 0 Å². The summed E-state index contributed by atoms with van der Waals surface area (Å²) in [7, 11) is 0. The molecule has 7 heteroatoms. The number of benzene rings is 2. The van der Waals surface area contributed by atoms with Crippen LogP contribution in [0.4, 0.5) is 11.4 Å². The maximum absolute atomic E-state index is 11.6. The topological polar surface area (TPSA) is 58.8 Å². The molecule has 310 valence electrons. The van der Waals surface area contributed by atoms with E-state index >= 15 is 0 Å². The summed E-state index contributed by atoms with van der Waals surface area (Å²) < 4.78 is 13.1. The number of hydrogen-bond acceptors (Lipinski definition) is 5. The highest BCUT2D eigenvalue weighted by molar-refractivity contribution is 6.03. The van der Waals surface area contributed by atoms with E-state index < -0.39 is 0 Å². The predicted molar refractivity (Wildman–Crippen MR) is 230 cm³/mol. The first-order valence-corrected chi connectivity index (χ1v) is 21.9. The zero-order chi connectivity index (χ0) is 39.5. The van der Waals surface area contributed by atoms with Gasteiger partial charge in [0.1, 0.15) is 18.9 Å². The normalized spacial score (nSPS) is 16.6. The Hall–Kier alpha value is -3.03. The van der Waals surface area contributed by atoms with Crippen molar-refractivity contribution in [3.05, 3.63) is 83.6 Å². The number of esters is 1. The summed E-state index contributed by atoms with van der Waals surface area (Å²) in [5.41, 5.74) is 8.16. The second-order valence-electron chi connectivity index (χ2n) is 16.7. The van der Waals surface area contributed by atoms with Crippen molar-refractivity contribution >= 4 is 29.3 Å². The van der Waals surface area contributed by atoms with Gasteiger partial charge in [0.2, 0.25) is 5.69 Å². The Labute approximate surface area is 351 Å². The number of rotatable bonds is 27. The van der Waals surface area contributed by atoms with Crippen LogP contribution in [0.1, 0.15) is 162 Å². The van der Waals surface area contributed by atoms with Crippen LogP contribution >= 0.6 is 0 Å². The number of aldehydes is 1. The third kappa shape index (κ3) is 13.3. The van der Waals surface area contributed by atoms with Crippen LogP contribution in [0.5, 0.6) is 0 Å². The van der Waals surface area contributed by atoms with Gasteiger partial charge in [-0.2, -0.15) is 4.58 Å². The molecule has 0 amide bonds. The first-order valence-electron chi connectivity index (χ1n) is 21.9. The molecule has 0 radical (unpaired) electrons. The minimum Gasteiger partial charge on any atom is -1.00 e. The number of allylic oxidation sites excluding steroid dienone is 4. The summed E-state index contributed by atoms with van der Waals surface area (Å²) in [6.07, 6.45) is 27.0. The van der Waals surface area contributed by atoms with Gasteiger partial charge >= 0.3 is 5.97 Å². The number of carbonyl (C=O) groups is 2. The largest absolute Gasteiger partial charge is 1.00 e. The van der Waals surface area contributed by atoms with Crippen molar-refractivity contribution in [3.63, 3.8) is 0 Å². The van der Waals surface area contributed by atoms with Crippen LogP contribution in [0.15, 0.2) is 72.5 Å². The van der Waals surface area contributed by atoms with Gasteiger partial charge in [0.15, 0.2) is 5.71 Å². The molecule has 0 saturated carbocycles. The van der Waals surface area contributed by atoms with Gasteiger partial charge in [-0.3, -0.25) is 4.79 Å². The lowest BCUT2D eigenvalue weighted by Crippen LogP contribution is -3.00. The van der Waals surface area contributed by atoms with E-state index in [4.69, 9.17) is 9.47 Å². The van der Waals surface area contributed by atoms with E-state index in [9.17, 15) is 9.59 Å². The number of fused-ring (bicyclic) bond motifs is 2. The Kier molecular flexibility index (Phi) is 20.9. The fourth-order valence-electron chi connectivity index (χ4n) is 8.73. The lowest BCUT2D eigenvalue weighted by molar-refractivity contribution is -0.438. The van der Waals surface area contributed by atoms with Crippen LogP contribution in [0.3, 0.4) is 0 Å². The van der Waals surface area contributed by atoms with Crippen LogP contribution in [-0.2, 0) is 29.9 Å². The molecule has 2 aromatic carbocycles. The molecule has 0 fully saturated rings. The van der Waals surface area contributed by atoms with Crippen molar-refractivity contribution < 1.29 is 40.6 Å². The minimum absolute atomic E-state index is 0. The second kappa shape index (κ2) is 24.7. The average Bonchev–Trinajstić information content (AvgIpc) is 3.52. The van der Waals surface area contributed by atoms with E-state index in [2.05, 4.69) is 104 Å². The van der Waals surface area contributed by atoms with Crippen molar-refractivity contribution in [2.45, 2.75) is 168 Å². The molecule has 0 bridgehead atoms. The Bertz CT molecular complexity index is 1590. The van der Waals surface area contributed by atoms with E-state index in [0.29, 0.717) is 19.6 Å². The summed E-state index contributed by atoms with van der Waals surface area (Å²) in [5.74, 6) is -0.0580. The maximum atomic E-state index is 11.6. The number of carbonyl (C=O) groups excluding carboxylic acids is 2.